The second-order valence-electron chi connectivity index (χ2n) is 8.43. The number of aromatic amines is 1. The van der Waals surface area contributed by atoms with Crippen LogP contribution in [0.25, 0.3) is 22.3 Å². The van der Waals surface area contributed by atoms with Gasteiger partial charge in [-0.15, -0.1) is 0 Å². The van der Waals surface area contributed by atoms with Gasteiger partial charge < -0.3 is 19.2 Å². The van der Waals surface area contributed by atoms with Crippen molar-refractivity contribution in [2.75, 3.05) is 32.8 Å². The number of hydrogen-bond acceptors (Lipinski definition) is 8. The first-order valence-corrected chi connectivity index (χ1v) is 13.4. The summed E-state index contributed by atoms with van der Waals surface area (Å²) in [5, 5.41) is 0. The normalized spacial score (nSPS) is 12.5. The number of methoxy groups -OCH3 is 2. The number of halogens is 1. The number of nitrogens with zero attached hydrogens (tertiary/aromatic N) is 3. The van der Waals surface area contributed by atoms with Crippen molar-refractivity contribution in [1.82, 2.24) is 19.5 Å². The summed E-state index contributed by atoms with van der Waals surface area (Å²) >= 11 is 0. The van der Waals surface area contributed by atoms with Crippen LogP contribution in [0.4, 0.5) is 4.39 Å². The molecule has 3 heterocycles. The quantitative estimate of drug-likeness (QED) is 0.350. The molecule has 37 heavy (non-hydrogen) atoms. The van der Waals surface area contributed by atoms with Crippen molar-refractivity contribution < 1.29 is 27.0 Å². The Hall–Kier alpha value is -3.93. The molecule has 4 aromatic rings. The van der Waals surface area contributed by atoms with E-state index in [4.69, 9.17) is 14.2 Å². The van der Waals surface area contributed by atoms with Gasteiger partial charge in [0, 0.05) is 29.6 Å². The monoisotopic (exact) mass is 530 g/mol. The summed E-state index contributed by atoms with van der Waals surface area (Å²) in [6, 6.07) is 6.35. The summed E-state index contributed by atoms with van der Waals surface area (Å²) in [5.74, 6) is 0.0188. The number of ether oxygens (including phenoxy) is 3. The van der Waals surface area contributed by atoms with Crippen LogP contribution in [0, 0.1) is 12.7 Å². The molecule has 12 heteroatoms. The van der Waals surface area contributed by atoms with Crippen LogP contribution in [0.1, 0.15) is 24.2 Å². The second kappa shape index (κ2) is 10.2. The van der Waals surface area contributed by atoms with E-state index < -0.39 is 33.1 Å². The van der Waals surface area contributed by atoms with Crippen molar-refractivity contribution in [2.24, 2.45) is 0 Å². The van der Waals surface area contributed by atoms with Gasteiger partial charge in [0.25, 0.3) is 5.88 Å². The highest BCUT2D eigenvalue weighted by Gasteiger charge is 2.28. The maximum Gasteiger partial charge on any atom is 0.328 e. The van der Waals surface area contributed by atoms with Gasteiger partial charge in [0.05, 0.1) is 43.8 Å². The first kappa shape index (κ1) is 26.1. The Balaban J connectivity index is 1.93. The van der Waals surface area contributed by atoms with Gasteiger partial charge in [0.2, 0.25) is 0 Å². The smallest absolute Gasteiger partial charge is 0.328 e. The molecule has 3 aromatic heterocycles. The average Bonchev–Trinajstić information content (AvgIpc) is 3.19. The number of rotatable bonds is 9. The number of H-pyrrole nitrogens is 1. The van der Waals surface area contributed by atoms with Gasteiger partial charge in [-0.3, -0.25) is 4.57 Å². The molecule has 0 radical (unpaired) electrons. The number of sulfone groups is 1. The lowest BCUT2D eigenvalue weighted by Crippen LogP contribution is -2.29. The maximum absolute atomic E-state index is 13.8. The highest BCUT2D eigenvalue weighted by Crippen LogP contribution is 2.35. The van der Waals surface area contributed by atoms with Gasteiger partial charge in [0.1, 0.15) is 21.4 Å². The van der Waals surface area contributed by atoms with E-state index in [1.807, 2.05) is 0 Å². The van der Waals surface area contributed by atoms with Crippen molar-refractivity contribution in [3.8, 4) is 28.5 Å². The maximum atomic E-state index is 13.8. The van der Waals surface area contributed by atoms with Crippen molar-refractivity contribution in [1.29, 1.82) is 0 Å². The Morgan fingerprint density at radius 3 is 2.49 bits per heavy atom. The molecule has 0 spiro atoms. The molecule has 0 aliphatic rings. The molecule has 1 aromatic carbocycles. The van der Waals surface area contributed by atoms with E-state index in [9.17, 15) is 17.6 Å². The van der Waals surface area contributed by atoms with Gasteiger partial charge >= 0.3 is 5.69 Å². The number of fused-ring (bicyclic) bond motifs is 1. The fraction of sp³-hybridized carbons (Fsp3) is 0.320. The molecular formula is C25H27FN4O6S. The molecule has 196 valence electrons. The van der Waals surface area contributed by atoms with Crippen LogP contribution in [0.5, 0.6) is 17.4 Å². The minimum atomic E-state index is -3.56. The first-order valence-electron chi connectivity index (χ1n) is 11.4. The standard InChI is InChI=1S/C25H27FN4O6S/c1-6-36-24-20(34-3)10-9-18(28-24)19(13-37(5,32)33)30-23-22(29-25(30)31)14(2)17(12-27-23)16-8-7-15(26)11-21(16)35-4/h7-12,19H,6,13H2,1-5H3,(H,29,31). The molecule has 1 atom stereocenters. The Morgan fingerprint density at radius 2 is 1.84 bits per heavy atom. The zero-order valence-electron chi connectivity index (χ0n) is 21.0. The van der Waals surface area contributed by atoms with Crippen LogP contribution in [-0.4, -0.2) is 60.8 Å². The van der Waals surface area contributed by atoms with Crippen molar-refractivity contribution in [3.63, 3.8) is 0 Å². The number of nitrogens with one attached hydrogen (secondary N) is 1. The largest absolute Gasteiger partial charge is 0.496 e. The SMILES string of the molecule is CCOc1nc(C(CS(C)(=O)=O)n2c(=O)[nH]c3c(C)c(-c4ccc(F)cc4OC)cnc32)ccc1OC. The van der Waals surface area contributed by atoms with E-state index in [0.717, 1.165) is 6.26 Å². The topological polar surface area (TPSA) is 125 Å². The molecule has 1 N–H and O–H groups in total. The fourth-order valence-corrected chi connectivity index (χ4v) is 5.13. The Kier molecular flexibility index (Phi) is 7.21. The van der Waals surface area contributed by atoms with Gasteiger partial charge in [0.15, 0.2) is 11.4 Å². The third-order valence-electron chi connectivity index (χ3n) is 5.91. The van der Waals surface area contributed by atoms with Crippen molar-refractivity contribution in [2.45, 2.75) is 19.9 Å². The Labute approximate surface area is 213 Å². The molecule has 0 saturated heterocycles. The van der Waals surface area contributed by atoms with Crippen LogP contribution < -0.4 is 19.9 Å². The lowest BCUT2D eigenvalue weighted by atomic mass is 10.0. The lowest BCUT2D eigenvalue weighted by Gasteiger charge is -2.19. The van der Waals surface area contributed by atoms with Crippen LogP contribution in [0.2, 0.25) is 0 Å². The average molecular weight is 531 g/mol. The number of hydrogen-bond donors (Lipinski definition) is 1. The predicted molar refractivity (Wildman–Crippen MR) is 137 cm³/mol. The van der Waals surface area contributed by atoms with Gasteiger partial charge in [-0.05, 0) is 43.7 Å². The van der Waals surface area contributed by atoms with E-state index in [0.29, 0.717) is 46.0 Å². The molecule has 0 bridgehead atoms. The molecule has 0 aliphatic heterocycles. The molecule has 10 nitrogen and oxygen atoms in total. The van der Waals surface area contributed by atoms with Gasteiger partial charge in [-0.1, -0.05) is 0 Å². The Bertz CT molecular complexity index is 1630. The number of imidazole rings is 1. The predicted octanol–water partition coefficient (Wildman–Crippen LogP) is 3.28. The summed E-state index contributed by atoms with van der Waals surface area (Å²) in [5.41, 5.74) is 2.26. The summed E-state index contributed by atoms with van der Waals surface area (Å²) in [6.07, 6.45) is 2.63. The molecular weight excluding hydrogens is 503 g/mol. The summed E-state index contributed by atoms with van der Waals surface area (Å²) < 4.78 is 56.1. The van der Waals surface area contributed by atoms with E-state index in [2.05, 4.69) is 15.0 Å². The fourth-order valence-electron chi connectivity index (χ4n) is 4.24. The van der Waals surface area contributed by atoms with E-state index in [-0.39, 0.29) is 11.5 Å². The van der Waals surface area contributed by atoms with Crippen molar-refractivity contribution in [3.05, 3.63) is 64.1 Å². The van der Waals surface area contributed by atoms with E-state index in [1.54, 1.807) is 38.2 Å². The zero-order chi connectivity index (χ0) is 26.9. The highest BCUT2D eigenvalue weighted by molar-refractivity contribution is 7.90. The summed E-state index contributed by atoms with van der Waals surface area (Å²) in [7, 11) is -0.657. The molecule has 1 unspecified atom stereocenters. The second-order valence-corrected chi connectivity index (χ2v) is 10.6. The lowest BCUT2D eigenvalue weighted by molar-refractivity contribution is 0.296. The number of aryl methyl sites for hydroxylation is 1. The number of benzene rings is 1. The minimum Gasteiger partial charge on any atom is -0.496 e. The van der Waals surface area contributed by atoms with Crippen LogP contribution in [-0.2, 0) is 9.84 Å². The van der Waals surface area contributed by atoms with Crippen LogP contribution >= 0.6 is 0 Å². The van der Waals surface area contributed by atoms with E-state index in [1.165, 1.54) is 30.9 Å². The summed E-state index contributed by atoms with van der Waals surface area (Å²) in [6.45, 7) is 3.88. The van der Waals surface area contributed by atoms with Crippen LogP contribution in [0.15, 0.2) is 41.3 Å². The first-order chi connectivity index (χ1) is 17.6. The number of aromatic nitrogens is 4. The molecule has 0 saturated carbocycles. The zero-order valence-corrected chi connectivity index (χ0v) is 21.8. The molecule has 4 rings (SSSR count). The van der Waals surface area contributed by atoms with Gasteiger partial charge in [-0.25, -0.2) is 27.6 Å². The van der Waals surface area contributed by atoms with Gasteiger partial charge in [-0.2, -0.15) is 0 Å². The summed E-state index contributed by atoms with van der Waals surface area (Å²) in [4.78, 5) is 25.0. The molecule has 0 aliphatic carbocycles. The van der Waals surface area contributed by atoms with Crippen LogP contribution in [0.3, 0.4) is 0 Å². The third-order valence-corrected chi connectivity index (χ3v) is 6.83. The van der Waals surface area contributed by atoms with Crippen molar-refractivity contribution >= 4 is 21.0 Å². The van der Waals surface area contributed by atoms with E-state index >= 15 is 0 Å². The molecule has 0 fully saturated rings. The molecule has 0 amide bonds. The third kappa shape index (κ3) is 5.15. The Morgan fingerprint density at radius 1 is 1.11 bits per heavy atom. The number of pyridine rings is 2. The minimum absolute atomic E-state index is 0.184. The highest BCUT2D eigenvalue weighted by atomic mass is 32.2.